The van der Waals surface area contributed by atoms with Gasteiger partial charge >= 0.3 is 0 Å². The molecule has 0 saturated carbocycles. The molecule has 0 rings (SSSR count). The van der Waals surface area contributed by atoms with Crippen molar-refractivity contribution in [2.45, 2.75) is 122 Å². The van der Waals surface area contributed by atoms with Crippen LogP contribution in [0.2, 0.25) is 0 Å². The standard InChI is InChI=1S/C22H46ClN.CH5N.ClH/c1-4-5-6-7-8-9-10-11-12-13-14-15-16-17-20-24(3)21-18-19-22(2)23;1-2;/h22H,4-21H2,1-3H3;2H2,1H3;1H. The second-order valence-corrected chi connectivity index (χ2v) is 8.57. The van der Waals surface area contributed by atoms with E-state index in [0.717, 1.165) is 6.42 Å². The summed E-state index contributed by atoms with van der Waals surface area (Å²) in [5.41, 5.74) is 4.50. The Morgan fingerprint density at radius 1 is 0.667 bits per heavy atom. The van der Waals surface area contributed by atoms with Gasteiger partial charge in [0.25, 0.3) is 0 Å². The maximum absolute atomic E-state index is 5.98. The third-order valence-electron chi connectivity index (χ3n) is 5.04. The topological polar surface area (TPSA) is 29.3 Å². The fourth-order valence-electron chi connectivity index (χ4n) is 3.33. The molecule has 0 heterocycles. The summed E-state index contributed by atoms with van der Waals surface area (Å²) in [6, 6.07) is 0. The molecule has 0 aliphatic carbocycles. The minimum atomic E-state index is 0. The molecule has 2 nitrogen and oxygen atoms in total. The molecular formula is C23H52Cl2N2. The average Bonchev–Trinajstić information content (AvgIpc) is 2.63. The summed E-state index contributed by atoms with van der Waals surface area (Å²) < 4.78 is 0. The highest BCUT2D eigenvalue weighted by atomic mass is 35.5. The van der Waals surface area contributed by atoms with Crippen molar-refractivity contribution in [1.29, 1.82) is 0 Å². The van der Waals surface area contributed by atoms with Gasteiger partial charge in [0.15, 0.2) is 0 Å². The molecule has 0 aliphatic heterocycles. The number of hydrogen-bond acceptors (Lipinski definition) is 2. The van der Waals surface area contributed by atoms with Crippen LogP contribution in [0.1, 0.15) is 117 Å². The Bertz CT molecular complexity index is 238. The van der Waals surface area contributed by atoms with Gasteiger partial charge in [-0.2, -0.15) is 0 Å². The number of nitrogens with zero attached hydrogens (tertiary/aromatic N) is 1. The fraction of sp³-hybridized carbons (Fsp3) is 1.00. The minimum absolute atomic E-state index is 0. The van der Waals surface area contributed by atoms with E-state index in [0.29, 0.717) is 5.38 Å². The highest BCUT2D eigenvalue weighted by Gasteiger charge is 2.01. The van der Waals surface area contributed by atoms with Crippen LogP contribution >= 0.6 is 24.0 Å². The zero-order valence-corrected chi connectivity index (χ0v) is 20.7. The summed E-state index contributed by atoms with van der Waals surface area (Å²) in [5.74, 6) is 0. The molecule has 0 saturated heterocycles. The van der Waals surface area contributed by atoms with Crippen molar-refractivity contribution in [1.82, 2.24) is 4.90 Å². The molecule has 0 aromatic carbocycles. The molecule has 0 spiro atoms. The first-order chi connectivity index (χ1) is 12.7. The van der Waals surface area contributed by atoms with E-state index in [4.69, 9.17) is 11.6 Å². The number of rotatable bonds is 19. The largest absolute Gasteiger partial charge is 0.333 e. The summed E-state index contributed by atoms with van der Waals surface area (Å²) in [6.07, 6.45) is 22.6. The van der Waals surface area contributed by atoms with Crippen LogP contribution < -0.4 is 5.73 Å². The predicted molar refractivity (Wildman–Crippen MR) is 130 cm³/mol. The maximum Gasteiger partial charge on any atom is 0.0308 e. The summed E-state index contributed by atoms with van der Waals surface area (Å²) in [6.45, 7) is 6.85. The van der Waals surface area contributed by atoms with Crippen LogP contribution in [-0.4, -0.2) is 37.5 Å². The summed E-state index contributed by atoms with van der Waals surface area (Å²) >= 11 is 5.98. The van der Waals surface area contributed by atoms with E-state index in [1.807, 2.05) is 0 Å². The number of nitrogens with two attached hydrogens (primary N) is 1. The van der Waals surface area contributed by atoms with Gasteiger partial charge in [0, 0.05) is 5.38 Å². The summed E-state index contributed by atoms with van der Waals surface area (Å²) in [7, 11) is 3.75. The SMILES string of the molecule is CCCCCCCCCCCCCCCCN(C)CCCC(C)Cl.CN.Cl. The number of alkyl halides is 1. The van der Waals surface area contributed by atoms with Crippen molar-refractivity contribution in [2.75, 3.05) is 27.2 Å². The Labute approximate surface area is 183 Å². The van der Waals surface area contributed by atoms with Gasteiger partial charge in [0.2, 0.25) is 0 Å². The highest BCUT2D eigenvalue weighted by Crippen LogP contribution is 2.13. The van der Waals surface area contributed by atoms with E-state index in [1.165, 1.54) is 116 Å². The Hall–Kier alpha value is 0.500. The molecule has 1 atom stereocenters. The van der Waals surface area contributed by atoms with Crippen molar-refractivity contribution in [3.05, 3.63) is 0 Å². The molecule has 0 aliphatic rings. The first-order valence-corrected chi connectivity index (χ1v) is 12.0. The zero-order chi connectivity index (χ0) is 19.9. The lowest BCUT2D eigenvalue weighted by atomic mass is 10.0. The smallest absolute Gasteiger partial charge is 0.0308 e. The molecular weight excluding hydrogens is 375 g/mol. The van der Waals surface area contributed by atoms with Gasteiger partial charge in [0.05, 0.1) is 0 Å². The quantitative estimate of drug-likeness (QED) is 0.168. The molecule has 0 amide bonds. The van der Waals surface area contributed by atoms with Crippen LogP contribution in [0.25, 0.3) is 0 Å². The van der Waals surface area contributed by atoms with Gasteiger partial charge in [0.1, 0.15) is 0 Å². The van der Waals surface area contributed by atoms with Crippen LogP contribution in [0.15, 0.2) is 0 Å². The van der Waals surface area contributed by atoms with Crippen molar-refractivity contribution in [3.63, 3.8) is 0 Å². The second-order valence-electron chi connectivity index (χ2n) is 7.82. The lowest BCUT2D eigenvalue weighted by Crippen LogP contribution is -2.21. The van der Waals surface area contributed by atoms with Crippen molar-refractivity contribution >= 4 is 24.0 Å². The molecule has 1 unspecified atom stereocenters. The summed E-state index contributed by atoms with van der Waals surface area (Å²) in [4.78, 5) is 2.47. The van der Waals surface area contributed by atoms with Crippen LogP contribution in [0, 0.1) is 0 Å². The number of hydrogen-bond donors (Lipinski definition) is 1. The van der Waals surface area contributed by atoms with E-state index in [1.54, 1.807) is 0 Å². The van der Waals surface area contributed by atoms with Crippen molar-refractivity contribution in [2.24, 2.45) is 5.73 Å². The van der Waals surface area contributed by atoms with E-state index in [9.17, 15) is 0 Å². The van der Waals surface area contributed by atoms with E-state index >= 15 is 0 Å². The molecule has 0 aromatic heterocycles. The second kappa shape index (κ2) is 28.7. The molecule has 168 valence electrons. The third-order valence-corrected chi connectivity index (χ3v) is 5.25. The van der Waals surface area contributed by atoms with Gasteiger partial charge in [-0.25, -0.2) is 0 Å². The van der Waals surface area contributed by atoms with Crippen LogP contribution in [-0.2, 0) is 0 Å². The minimum Gasteiger partial charge on any atom is -0.333 e. The molecule has 0 fully saturated rings. The van der Waals surface area contributed by atoms with Crippen LogP contribution in [0.4, 0.5) is 0 Å². The number of halogens is 2. The first kappa shape index (κ1) is 32.2. The molecule has 0 aromatic rings. The summed E-state index contributed by atoms with van der Waals surface area (Å²) in [5, 5.41) is 0.333. The van der Waals surface area contributed by atoms with Gasteiger partial charge in [-0.05, 0) is 53.4 Å². The average molecular weight is 428 g/mol. The Kier molecular flexibility index (Phi) is 34.2. The van der Waals surface area contributed by atoms with Crippen LogP contribution in [0.3, 0.4) is 0 Å². The van der Waals surface area contributed by atoms with Gasteiger partial charge in [-0.3, -0.25) is 0 Å². The third kappa shape index (κ3) is 31.4. The maximum atomic E-state index is 5.98. The first-order valence-electron chi connectivity index (χ1n) is 11.6. The van der Waals surface area contributed by atoms with E-state index in [-0.39, 0.29) is 12.4 Å². The molecule has 4 heteroatoms. The van der Waals surface area contributed by atoms with Gasteiger partial charge < -0.3 is 10.6 Å². The normalized spacial score (nSPS) is 11.7. The fourth-order valence-corrected chi connectivity index (χ4v) is 3.48. The molecule has 0 radical (unpaired) electrons. The number of unbranched alkanes of at least 4 members (excludes halogenated alkanes) is 13. The van der Waals surface area contributed by atoms with E-state index in [2.05, 4.69) is 31.5 Å². The Morgan fingerprint density at radius 2 is 1.00 bits per heavy atom. The molecule has 0 bridgehead atoms. The molecule has 27 heavy (non-hydrogen) atoms. The Morgan fingerprint density at radius 3 is 1.37 bits per heavy atom. The Balaban J connectivity index is -0.00000185. The lowest BCUT2D eigenvalue weighted by molar-refractivity contribution is 0.316. The highest BCUT2D eigenvalue weighted by molar-refractivity contribution is 6.20. The van der Waals surface area contributed by atoms with Gasteiger partial charge in [-0.1, -0.05) is 90.4 Å². The van der Waals surface area contributed by atoms with Gasteiger partial charge in [-0.15, -0.1) is 24.0 Å². The lowest BCUT2D eigenvalue weighted by Gasteiger charge is -2.16. The monoisotopic (exact) mass is 426 g/mol. The van der Waals surface area contributed by atoms with Crippen LogP contribution in [0.5, 0.6) is 0 Å². The molecule has 2 N–H and O–H groups in total. The van der Waals surface area contributed by atoms with E-state index < -0.39 is 0 Å². The van der Waals surface area contributed by atoms with Crippen molar-refractivity contribution < 1.29 is 0 Å². The zero-order valence-electron chi connectivity index (χ0n) is 19.1. The predicted octanol–water partition coefficient (Wildman–Crippen LogP) is 7.80. The van der Waals surface area contributed by atoms with Crippen molar-refractivity contribution in [3.8, 4) is 0 Å².